The summed E-state index contributed by atoms with van der Waals surface area (Å²) in [6.45, 7) is 13.3. The zero-order chi connectivity index (χ0) is 15.8. The minimum absolute atomic E-state index is 0.231. The molecule has 114 valence electrons. The van der Waals surface area contributed by atoms with E-state index in [-0.39, 0.29) is 10.8 Å². The highest BCUT2D eigenvalue weighted by Crippen LogP contribution is 2.60. The van der Waals surface area contributed by atoms with E-state index >= 15 is 0 Å². The number of hydrogen-bond acceptors (Lipinski definition) is 2. The van der Waals surface area contributed by atoms with Gasteiger partial charge in [0, 0.05) is 11.5 Å². The molecule has 2 rings (SSSR count). The van der Waals surface area contributed by atoms with Gasteiger partial charge in [-0.25, -0.2) is 0 Å². The Kier molecular flexibility index (Phi) is 4.17. The van der Waals surface area contributed by atoms with Gasteiger partial charge >= 0.3 is 0 Å². The van der Waals surface area contributed by atoms with Crippen LogP contribution in [0.1, 0.15) is 53.4 Å². The first kappa shape index (κ1) is 16.0. The molecule has 2 aliphatic carbocycles. The molecule has 1 saturated carbocycles. The summed E-state index contributed by atoms with van der Waals surface area (Å²) < 4.78 is 0. The highest BCUT2D eigenvalue weighted by Gasteiger charge is 2.49. The number of nitrogens with zero attached hydrogens (tertiary/aromatic N) is 1. The van der Waals surface area contributed by atoms with Crippen LogP contribution in [0.4, 0.5) is 0 Å². The molecule has 0 aromatic heterocycles. The van der Waals surface area contributed by atoms with E-state index in [1.165, 1.54) is 23.6 Å². The molecule has 0 radical (unpaired) electrons. The van der Waals surface area contributed by atoms with Crippen LogP contribution in [-0.4, -0.2) is 11.2 Å². The summed E-state index contributed by atoms with van der Waals surface area (Å²) >= 11 is 0. The zero-order valence-electron chi connectivity index (χ0n) is 13.7. The van der Waals surface area contributed by atoms with Gasteiger partial charge in [-0.15, -0.1) is 0 Å². The summed E-state index contributed by atoms with van der Waals surface area (Å²) in [7, 11) is 0. The average Bonchev–Trinajstić information content (AvgIpc) is 2.79. The van der Waals surface area contributed by atoms with Crippen LogP contribution < -0.4 is 0 Å². The Bertz CT molecular complexity index is 548. The van der Waals surface area contributed by atoms with Crippen molar-refractivity contribution >= 4 is 0 Å². The minimum Gasteiger partial charge on any atom is -0.388 e. The van der Waals surface area contributed by atoms with Crippen molar-refractivity contribution < 1.29 is 5.11 Å². The Morgan fingerprint density at radius 2 is 1.95 bits per heavy atom. The van der Waals surface area contributed by atoms with Gasteiger partial charge in [0.2, 0.25) is 0 Å². The summed E-state index contributed by atoms with van der Waals surface area (Å²) in [5.74, 6) is 0.535. The van der Waals surface area contributed by atoms with E-state index in [0.717, 1.165) is 24.8 Å². The van der Waals surface area contributed by atoms with Crippen LogP contribution in [0.3, 0.4) is 0 Å². The van der Waals surface area contributed by atoms with Crippen molar-refractivity contribution in [2.24, 2.45) is 16.7 Å². The van der Waals surface area contributed by atoms with Crippen molar-refractivity contribution in [2.45, 2.75) is 59.5 Å². The molecule has 0 heterocycles. The van der Waals surface area contributed by atoms with E-state index in [1.54, 1.807) is 6.08 Å². The summed E-state index contributed by atoms with van der Waals surface area (Å²) in [6.07, 6.45) is 6.72. The number of rotatable bonds is 3. The van der Waals surface area contributed by atoms with Gasteiger partial charge in [0.05, 0.1) is 12.2 Å². The number of aliphatic hydroxyl groups is 1. The quantitative estimate of drug-likeness (QED) is 0.774. The van der Waals surface area contributed by atoms with Crippen LogP contribution in [-0.2, 0) is 0 Å². The number of hydrogen-bond donors (Lipinski definition) is 1. The molecule has 0 aromatic rings. The molecular weight excluding hydrogens is 258 g/mol. The van der Waals surface area contributed by atoms with Gasteiger partial charge in [0.15, 0.2) is 0 Å². The van der Waals surface area contributed by atoms with Crippen LogP contribution in [0.25, 0.3) is 0 Å². The van der Waals surface area contributed by atoms with Crippen LogP contribution in [0.15, 0.2) is 35.5 Å². The topological polar surface area (TPSA) is 44.0 Å². The van der Waals surface area contributed by atoms with Gasteiger partial charge in [-0.2, -0.15) is 5.26 Å². The van der Waals surface area contributed by atoms with E-state index in [2.05, 4.69) is 34.3 Å². The van der Waals surface area contributed by atoms with Gasteiger partial charge < -0.3 is 5.11 Å². The molecule has 3 atom stereocenters. The molecule has 0 spiro atoms. The Morgan fingerprint density at radius 1 is 1.29 bits per heavy atom. The SMILES string of the molecule is C=C1C2=C(C(C)C)CC[C@]2(C)CC[C@]1(C)[C@@H](O)/C=C/C#N. The van der Waals surface area contributed by atoms with Crippen LogP contribution >= 0.6 is 0 Å². The predicted molar refractivity (Wildman–Crippen MR) is 86.4 cm³/mol. The number of fused-ring (bicyclic) bond motifs is 1. The van der Waals surface area contributed by atoms with E-state index in [1.807, 2.05) is 6.07 Å². The fraction of sp³-hybridized carbons (Fsp3) is 0.632. The highest BCUT2D eigenvalue weighted by atomic mass is 16.3. The summed E-state index contributed by atoms with van der Waals surface area (Å²) in [4.78, 5) is 0. The molecule has 2 nitrogen and oxygen atoms in total. The molecule has 0 aromatic carbocycles. The smallest absolute Gasteiger partial charge is 0.0909 e. The predicted octanol–water partition coefficient (Wildman–Crippen LogP) is 4.54. The lowest BCUT2D eigenvalue weighted by atomic mass is 9.58. The molecule has 0 bridgehead atoms. The molecule has 0 saturated heterocycles. The summed E-state index contributed by atoms with van der Waals surface area (Å²) in [6, 6.07) is 1.97. The van der Waals surface area contributed by atoms with E-state index in [0.29, 0.717) is 5.92 Å². The van der Waals surface area contributed by atoms with E-state index in [4.69, 9.17) is 5.26 Å². The van der Waals surface area contributed by atoms with Crippen molar-refractivity contribution in [3.63, 3.8) is 0 Å². The lowest BCUT2D eigenvalue weighted by Crippen LogP contribution is -2.41. The first-order valence-electron chi connectivity index (χ1n) is 7.94. The Morgan fingerprint density at radius 3 is 2.52 bits per heavy atom. The minimum atomic E-state index is -0.643. The molecule has 0 unspecified atom stereocenters. The van der Waals surface area contributed by atoms with Crippen LogP contribution in [0, 0.1) is 28.1 Å². The fourth-order valence-corrected chi connectivity index (χ4v) is 4.08. The van der Waals surface area contributed by atoms with Crippen molar-refractivity contribution in [3.05, 3.63) is 35.5 Å². The monoisotopic (exact) mass is 285 g/mol. The Balaban J connectivity index is 2.44. The molecule has 2 aliphatic rings. The van der Waals surface area contributed by atoms with Gasteiger partial charge in [-0.3, -0.25) is 0 Å². The van der Waals surface area contributed by atoms with Gasteiger partial charge in [0.25, 0.3) is 0 Å². The largest absolute Gasteiger partial charge is 0.388 e. The number of allylic oxidation sites excluding steroid dienone is 3. The molecule has 1 fully saturated rings. The highest BCUT2D eigenvalue weighted by molar-refractivity contribution is 5.49. The second-order valence-electron chi connectivity index (χ2n) is 7.44. The molecular formula is C19H27NO. The van der Waals surface area contributed by atoms with Crippen molar-refractivity contribution in [3.8, 4) is 6.07 Å². The molecule has 0 amide bonds. The third-order valence-electron chi connectivity index (χ3n) is 5.76. The third-order valence-corrected chi connectivity index (χ3v) is 5.76. The Hall–Kier alpha value is -1.33. The lowest BCUT2D eigenvalue weighted by molar-refractivity contribution is 0.0734. The maximum Gasteiger partial charge on any atom is 0.0909 e. The van der Waals surface area contributed by atoms with Crippen LogP contribution in [0.5, 0.6) is 0 Å². The molecule has 2 heteroatoms. The first-order valence-corrected chi connectivity index (χ1v) is 7.94. The molecule has 0 aliphatic heterocycles. The maximum absolute atomic E-state index is 10.5. The zero-order valence-corrected chi connectivity index (χ0v) is 13.7. The number of aliphatic hydroxyl groups excluding tert-OH is 1. The Labute approximate surface area is 128 Å². The molecule has 1 N–H and O–H groups in total. The third kappa shape index (κ3) is 2.49. The van der Waals surface area contributed by atoms with Gasteiger partial charge in [0.1, 0.15) is 0 Å². The molecule has 21 heavy (non-hydrogen) atoms. The van der Waals surface area contributed by atoms with E-state index in [9.17, 15) is 5.11 Å². The average molecular weight is 285 g/mol. The van der Waals surface area contributed by atoms with Gasteiger partial charge in [-0.1, -0.05) is 39.8 Å². The second-order valence-corrected chi connectivity index (χ2v) is 7.44. The maximum atomic E-state index is 10.5. The van der Waals surface area contributed by atoms with Crippen LogP contribution in [0.2, 0.25) is 0 Å². The summed E-state index contributed by atoms with van der Waals surface area (Å²) in [5.41, 5.74) is 3.90. The fourth-order valence-electron chi connectivity index (χ4n) is 4.08. The number of nitriles is 1. The van der Waals surface area contributed by atoms with Crippen molar-refractivity contribution in [1.29, 1.82) is 5.26 Å². The van der Waals surface area contributed by atoms with E-state index < -0.39 is 6.10 Å². The second kappa shape index (κ2) is 5.46. The van der Waals surface area contributed by atoms with Crippen molar-refractivity contribution in [2.75, 3.05) is 0 Å². The standard InChI is InChI=1S/C19H27NO/c1-13(2)15-8-9-18(4)10-11-19(5,14(3)17(15)18)16(21)7-6-12-20/h6-7,13,16,21H,3,8-11H2,1-2,4-5H3/b7-6+/t16-,18+,19-/m0/s1. The van der Waals surface area contributed by atoms with Crippen molar-refractivity contribution in [1.82, 2.24) is 0 Å². The normalized spacial score (nSPS) is 34.4. The summed E-state index contributed by atoms with van der Waals surface area (Å²) in [5, 5.41) is 19.2. The van der Waals surface area contributed by atoms with Gasteiger partial charge in [-0.05, 0) is 54.2 Å². The first-order chi connectivity index (χ1) is 9.76. The lowest BCUT2D eigenvalue weighted by Gasteiger charge is -2.47.